The molecule has 1 aliphatic heterocycles. The van der Waals surface area contributed by atoms with Gasteiger partial charge >= 0.3 is 0 Å². The van der Waals surface area contributed by atoms with Crippen LogP contribution in [0.15, 0.2) is 53.1 Å². The zero-order valence-corrected chi connectivity index (χ0v) is 13.6. The Bertz CT molecular complexity index is 977. The zero-order valence-electron chi connectivity index (χ0n) is 13.6. The first-order valence-corrected chi connectivity index (χ1v) is 7.55. The molecule has 8 nitrogen and oxygen atoms in total. The normalized spacial score (nSPS) is 15.3. The molecule has 1 amide bonds. The molecule has 0 spiro atoms. The molecule has 0 radical (unpaired) electrons. The molecule has 0 atom stereocenters. The Kier molecular flexibility index (Phi) is 4.32. The number of amides is 1. The lowest BCUT2D eigenvalue weighted by atomic mass is 10.0. The molecule has 0 unspecified atom stereocenters. The van der Waals surface area contributed by atoms with E-state index in [9.17, 15) is 24.8 Å². The maximum Gasteiger partial charge on any atom is 0.280 e. The highest BCUT2D eigenvalue weighted by molar-refractivity contribution is 6.32. The van der Waals surface area contributed by atoms with Crippen molar-refractivity contribution >= 4 is 35.4 Å². The fraction of sp³-hybridized carbons (Fsp3) is 0.0556. The van der Waals surface area contributed by atoms with Crippen LogP contribution in [0.25, 0.3) is 6.08 Å². The van der Waals surface area contributed by atoms with Crippen molar-refractivity contribution < 1.29 is 19.6 Å². The molecule has 130 valence electrons. The highest BCUT2D eigenvalue weighted by atomic mass is 16.6. The molecule has 1 aliphatic rings. The van der Waals surface area contributed by atoms with Gasteiger partial charge in [0.1, 0.15) is 5.75 Å². The Morgan fingerprint density at radius 2 is 1.88 bits per heavy atom. The van der Waals surface area contributed by atoms with Crippen molar-refractivity contribution in [3.05, 3.63) is 69.3 Å². The molecule has 0 saturated heterocycles. The van der Waals surface area contributed by atoms with Gasteiger partial charge < -0.3 is 5.11 Å². The molecule has 1 N–H and O–H groups in total. The minimum absolute atomic E-state index is 0.0812. The monoisotopic (exact) mass is 351 g/mol. The summed E-state index contributed by atoms with van der Waals surface area (Å²) in [5.74, 6) is -0.533. The van der Waals surface area contributed by atoms with Gasteiger partial charge in [0.25, 0.3) is 11.6 Å². The Balaban J connectivity index is 1.92. The van der Waals surface area contributed by atoms with E-state index in [1.807, 2.05) is 0 Å². The predicted molar refractivity (Wildman–Crippen MR) is 95.2 cm³/mol. The third-order valence-electron chi connectivity index (χ3n) is 3.86. The number of nitrogens with zero attached hydrogens (tertiary/aromatic N) is 3. The summed E-state index contributed by atoms with van der Waals surface area (Å²) in [6.45, 7) is 1.66. The molecule has 3 rings (SSSR count). The molecule has 2 aromatic carbocycles. The lowest BCUT2D eigenvalue weighted by Crippen LogP contribution is -2.21. The highest BCUT2D eigenvalue weighted by Crippen LogP contribution is 2.27. The number of anilines is 1. The molecule has 0 saturated carbocycles. The number of phenolic OH excluding ortho intramolecular Hbond substituents is 1. The summed E-state index contributed by atoms with van der Waals surface area (Å²) >= 11 is 0. The van der Waals surface area contributed by atoms with Crippen LogP contribution in [0.4, 0.5) is 11.4 Å². The molecule has 0 aromatic heterocycles. The second-order valence-corrected chi connectivity index (χ2v) is 5.57. The largest absolute Gasteiger partial charge is 0.507 e. The third kappa shape index (κ3) is 3.07. The maximum absolute atomic E-state index is 12.7. The number of nitro benzene ring substituents is 1. The van der Waals surface area contributed by atoms with Crippen molar-refractivity contribution in [1.82, 2.24) is 0 Å². The van der Waals surface area contributed by atoms with Crippen LogP contribution in [0.3, 0.4) is 0 Å². The third-order valence-corrected chi connectivity index (χ3v) is 3.86. The summed E-state index contributed by atoms with van der Waals surface area (Å²) in [5, 5.41) is 25.6. The second kappa shape index (κ2) is 6.60. The van der Waals surface area contributed by atoms with Crippen LogP contribution in [0.5, 0.6) is 5.75 Å². The van der Waals surface area contributed by atoms with Crippen molar-refractivity contribution in [3.63, 3.8) is 0 Å². The molecule has 8 heteroatoms. The number of carbonyl (C=O) groups is 2. The van der Waals surface area contributed by atoms with Crippen LogP contribution in [-0.4, -0.2) is 27.9 Å². The fourth-order valence-electron chi connectivity index (χ4n) is 2.50. The molecular weight excluding hydrogens is 338 g/mol. The van der Waals surface area contributed by atoms with Gasteiger partial charge in [0, 0.05) is 12.1 Å². The topological polar surface area (TPSA) is 113 Å². The number of hydrogen-bond donors (Lipinski definition) is 1. The average molecular weight is 351 g/mol. The van der Waals surface area contributed by atoms with Crippen molar-refractivity contribution in [2.24, 2.45) is 5.10 Å². The molecule has 26 heavy (non-hydrogen) atoms. The van der Waals surface area contributed by atoms with Crippen molar-refractivity contribution in [1.29, 1.82) is 0 Å². The van der Waals surface area contributed by atoms with Crippen molar-refractivity contribution in [2.45, 2.75) is 6.92 Å². The van der Waals surface area contributed by atoms with E-state index < -0.39 is 10.8 Å². The van der Waals surface area contributed by atoms with Gasteiger partial charge in [-0.3, -0.25) is 19.7 Å². The minimum Gasteiger partial charge on any atom is -0.507 e. The van der Waals surface area contributed by atoms with Crippen LogP contribution in [0, 0.1) is 10.1 Å². The summed E-state index contributed by atoms with van der Waals surface area (Å²) in [4.78, 5) is 33.8. The molecule has 0 aliphatic carbocycles. The number of hydrogen-bond acceptors (Lipinski definition) is 6. The van der Waals surface area contributed by atoms with Crippen LogP contribution >= 0.6 is 0 Å². The standard InChI is InChI=1S/C18H13N3O5/c1-11-16(9-12-2-7-17(23)13(8-12)10-22)18(24)20(19-11)14-3-5-15(6-4-14)21(25)26/h2-10,23H,1H3/b16-9+. The first-order chi connectivity index (χ1) is 12.4. The van der Waals surface area contributed by atoms with Crippen LogP contribution < -0.4 is 5.01 Å². The molecule has 0 fully saturated rings. The second-order valence-electron chi connectivity index (χ2n) is 5.57. The number of hydrazone groups is 1. The van der Waals surface area contributed by atoms with Gasteiger partial charge in [-0.2, -0.15) is 10.1 Å². The molecule has 2 aromatic rings. The number of carbonyl (C=O) groups excluding carboxylic acids is 2. The lowest BCUT2D eigenvalue weighted by Gasteiger charge is -2.11. The van der Waals surface area contributed by atoms with Crippen LogP contribution in [-0.2, 0) is 4.79 Å². The van der Waals surface area contributed by atoms with Gasteiger partial charge in [0.05, 0.1) is 27.5 Å². The number of rotatable bonds is 4. The predicted octanol–water partition coefficient (Wildman–Crippen LogP) is 2.92. The van der Waals surface area contributed by atoms with Crippen LogP contribution in [0.2, 0.25) is 0 Å². The van der Waals surface area contributed by atoms with Gasteiger partial charge in [0.15, 0.2) is 6.29 Å². The highest BCUT2D eigenvalue weighted by Gasteiger charge is 2.29. The Hall–Kier alpha value is -3.81. The van der Waals surface area contributed by atoms with E-state index in [0.29, 0.717) is 28.8 Å². The number of aromatic hydroxyl groups is 1. The van der Waals surface area contributed by atoms with Gasteiger partial charge in [0.2, 0.25) is 0 Å². The number of nitro groups is 1. The number of phenols is 1. The van der Waals surface area contributed by atoms with Gasteiger partial charge in [-0.1, -0.05) is 6.07 Å². The maximum atomic E-state index is 12.7. The van der Waals surface area contributed by atoms with Gasteiger partial charge in [-0.25, -0.2) is 0 Å². The summed E-state index contributed by atoms with van der Waals surface area (Å²) in [7, 11) is 0. The Labute approximate surface area is 147 Å². The fourth-order valence-corrected chi connectivity index (χ4v) is 2.50. The summed E-state index contributed by atoms with van der Waals surface area (Å²) in [5.41, 5.74) is 1.80. The first-order valence-electron chi connectivity index (χ1n) is 7.55. The number of benzene rings is 2. The smallest absolute Gasteiger partial charge is 0.280 e. The van der Waals surface area contributed by atoms with Crippen LogP contribution in [0.1, 0.15) is 22.8 Å². The molecular formula is C18H13N3O5. The van der Waals surface area contributed by atoms with Crippen molar-refractivity contribution in [3.8, 4) is 5.75 Å². The van der Waals surface area contributed by atoms with E-state index >= 15 is 0 Å². The van der Waals surface area contributed by atoms with Gasteiger partial charge in [-0.15, -0.1) is 0 Å². The Morgan fingerprint density at radius 3 is 2.50 bits per heavy atom. The SMILES string of the molecule is CC1=NN(c2ccc([N+](=O)[O-])cc2)C(=O)/C1=C/c1ccc(O)c(C=O)c1. The lowest BCUT2D eigenvalue weighted by molar-refractivity contribution is -0.384. The zero-order chi connectivity index (χ0) is 18.8. The summed E-state index contributed by atoms with van der Waals surface area (Å²) < 4.78 is 0. The van der Waals surface area contributed by atoms with E-state index in [-0.39, 0.29) is 17.0 Å². The minimum atomic E-state index is -0.523. The van der Waals surface area contributed by atoms with E-state index in [0.717, 1.165) is 5.01 Å². The number of non-ortho nitro benzene ring substituents is 1. The number of aldehydes is 1. The first kappa shape index (κ1) is 17.0. The summed E-state index contributed by atoms with van der Waals surface area (Å²) in [6.07, 6.45) is 2.09. The van der Waals surface area contributed by atoms with Crippen molar-refractivity contribution in [2.75, 3.05) is 5.01 Å². The van der Waals surface area contributed by atoms with E-state index in [1.165, 1.54) is 36.4 Å². The quantitative estimate of drug-likeness (QED) is 0.394. The Morgan fingerprint density at radius 1 is 1.19 bits per heavy atom. The molecule has 0 bridgehead atoms. The van der Waals surface area contributed by atoms with E-state index in [4.69, 9.17) is 0 Å². The molecule has 1 heterocycles. The summed E-state index contributed by atoms with van der Waals surface area (Å²) in [6, 6.07) is 9.89. The van der Waals surface area contributed by atoms with E-state index in [1.54, 1.807) is 19.1 Å². The average Bonchev–Trinajstić information content (AvgIpc) is 2.91. The van der Waals surface area contributed by atoms with E-state index in [2.05, 4.69) is 5.10 Å². The van der Waals surface area contributed by atoms with Gasteiger partial charge in [-0.05, 0) is 42.8 Å².